The molecule has 0 aliphatic carbocycles. The summed E-state index contributed by atoms with van der Waals surface area (Å²) >= 11 is 0. The number of alkyl halides is 6. The molecule has 0 aromatic heterocycles. The highest BCUT2D eigenvalue weighted by Crippen LogP contribution is 2.35. The first kappa shape index (κ1) is 20.1. The topological polar surface area (TPSA) is 52.0 Å². The highest BCUT2D eigenvalue weighted by molar-refractivity contribution is 5.33. The number of halogens is 8. The van der Waals surface area contributed by atoms with Crippen LogP contribution in [0.1, 0.15) is 34.3 Å². The summed E-state index contributed by atoms with van der Waals surface area (Å²) in [5.74, 6) is -3.15. The smallest absolute Gasteiger partial charge is 0.322 e. The Labute approximate surface area is 142 Å². The van der Waals surface area contributed by atoms with Crippen LogP contribution in [-0.4, -0.2) is 0 Å². The Kier molecular flexibility index (Phi) is 5.29. The van der Waals surface area contributed by atoms with E-state index in [9.17, 15) is 35.1 Å². The summed E-state index contributed by atoms with van der Waals surface area (Å²) in [6.07, 6.45) is -9.79. The summed E-state index contributed by atoms with van der Waals surface area (Å²) in [4.78, 5) is 0. The van der Waals surface area contributed by atoms with Gasteiger partial charge in [-0.05, 0) is 35.4 Å². The normalized spacial score (nSPS) is 15.0. The van der Waals surface area contributed by atoms with Crippen LogP contribution in [-0.2, 0) is 12.4 Å². The zero-order valence-corrected chi connectivity index (χ0v) is 12.8. The van der Waals surface area contributed by atoms with E-state index < -0.39 is 47.2 Å². The molecule has 2 unspecified atom stereocenters. The average Bonchev–Trinajstić information content (AvgIpc) is 2.50. The van der Waals surface area contributed by atoms with Crippen molar-refractivity contribution in [1.82, 2.24) is 0 Å². The number of nitrogens with two attached hydrogens (primary N) is 2. The van der Waals surface area contributed by atoms with E-state index in [-0.39, 0.29) is 11.1 Å². The minimum Gasteiger partial charge on any atom is -0.322 e. The molecule has 0 saturated heterocycles. The summed E-state index contributed by atoms with van der Waals surface area (Å²) in [5, 5.41) is 0. The van der Waals surface area contributed by atoms with Gasteiger partial charge in [0.15, 0.2) is 0 Å². The number of hydrogen-bond donors (Lipinski definition) is 2. The van der Waals surface area contributed by atoms with Gasteiger partial charge >= 0.3 is 12.4 Å². The van der Waals surface area contributed by atoms with E-state index in [1.54, 1.807) is 0 Å². The predicted molar refractivity (Wildman–Crippen MR) is 76.7 cm³/mol. The van der Waals surface area contributed by atoms with E-state index in [1.807, 2.05) is 0 Å². The minimum atomic E-state index is -4.90. The van der Waals surface area contributed by atoms with Gasteiger partial charge in [-0.1, -0.05) is 12.1 Å². The quantitative estimate of drug-likeness (QED) is 0.754. The number of hydrogen-bond acceptors (Lipinski definition) is 2. The second-order valence-electron chi connectivity index (χ2n) is 5.53. The molecule has 4 N–H and O–H groups in total. The monoisotopic (exact) mass is 384 g/mol. The lowest BCUT2D eigenvalue weighted by Gasteiger charge is -2.22. The molecule has 2 atom stereocenters. The van der Waals surface area contributed by atoms with Gasteiger partial charge in [0.05, 0.1) is 11.1 Å². The summed E-state index contributed by atoms with van der Waals surface area (Å²) in [6.45, 7) is 0. The Bertz CT molecular complexity index is 730. The zero-order valence-electron chi connectivity index (χ0n) is 12.8. The molecule has 10 heteroatoms. The van der Waals surface area contributed by atoms with Gasteiger partial charge in [-0.15, -0.1) is 0 Å². The fourth-order valence-corrected chi connectivity index (χ4v) is 2.35. The maximum Gasteiger partial charge on any atom is 0.419 e. The molecule has 0 radical (unpaired) electrons. The van der Waals surface area contributed by atoms with Crippen LogP contribution in [0.25, 0.3) is 0 Å². The molecular weight excluding hydrogens is 372 g/mol. The van der Waals surface area contributed by atoms with Gasteiger partial charge in [-0.3, -0.25) is 0 Å². The highest BCUT2D eigenvalue weighted by Gasteiger charge is 2.35. The molecule has 142 valence electrons. The van der Waals surface area contributed by atoms with Gasteiger partial charge in [0.1, 0.15) is 11.6 Å². The molecule has 0 heterocycles. The van der Waals surface area contributed by atoms with E-state index in [0.29, 0.717) is 24.3 Å². The molecule has 0 bridgehead atoms. The Morgan fingerprint density at radius 1 is 0.615 bits per heavy atom. The Morgan fingerprint density at radius 2 is 0.923 bits per heavy atom. The van der Waals surface area contributed by atoms with Gasteiger partial charge in [-0.25, -0.2) is 8.78 Å². The predicted octanol–water partition coefficient (Wildman–Crippen LogP) is 4.70. The van der Waals surface area contributed by atoms with Gasteiger partial charge < -0.3 is 11.5 Å². The van der Waals surface area contributed by atoms with Crippen molar-refractivity contribution in [3.63, 3.8) is 0 Å². The zero-order chi connectivity index (χ0) is 19.9. The number of rotatable bonds is 3. The molecule has 0 aliphatic rings. The van der Waals surface area contributed by atoms with Crippen LogP contribution in [0, 0.1) is 11.6 Å². The SMILES string of the molecule is NC(c1ccc(C(F)(F)F)c(F)c1)C(N)c1ccc(C(F)(F)F)c(F)c1. The summed E-state index contributed by atoms with van der Waals surface area (Å²) in [6, 6.07) is 1.27. The average molecular weight is 384 g/mol. The largest absolute Gasteiger partial charge is 0.419 e. The first-order chi connectivity index (χ1) is 11.8. The molecule has 2 rings (SSSR count). The molecule has 2 aromatic carbocycles. The van der Waals surface area contributed by atoms with Crippen LogP contribution in [0.5, 0.6) is 0 Å². The van der Waals surface area contributed by atoms with Crippen molar-refractivity contribution in [3.05, 3.63) is 70.3 Å². The molecule has 2 nitrogen and oxygen atoms in total. The third-order valence-corrected chi connectivity index (χ3v) is 3.75. The summed E-state index contributed by atoms with van der Waals surface area (Å²) < 4.78 is 103. The highest BCUT2D eigenvalue weighted by atomic mass is 19.4. The lowest BCUT2D eigenvalue weighted by molar-refractivity contribution is -0.140. The van der Waals surface area contributed by atoms with Gasteiger partial charge in [-0.2, -0.15) is 26.3 Å². The van der Waals surface area contributed by atoms with Crippen molar-refractivity contribution in [2.45, 2.75) is 24.4 Å². The van der Waals surface area contributed by atoms with Crippen LogP contribution in [0.15, 0.2) is 36.4 Å². The van der Waals surface area contributed by atoms with E-state index in [2.05, 4.69) is 0 Å². The fourth-order valence-electron chi connectivity index (χ4n) is 2.35. The van der Waals surface area contributed by atoms with Crippen LogP contribution in [0.4, 0.5) is 35.1 Å². The van der Waals surface area contributed by atoms with Crippen molar-refractivity contribution in [2.24, 2.45) is 11.5 Å². The van der Waals surface area contributed by atoms with Crippen molar-refractivity contribution >= 4 is 0 Å². The van der Waals surface area contributed by atoms with Crippen LogP contribution < -0.4 is 11.5 Å². The second-order valence-corrected chi connectivity index (χ2v) is 5.53. The summed E-state index contributed by atoms with van der Waals surface area (Å²) in [7, 11) is 0. The molecule has 0 aliphatic heterocycles. The lowest BCUT2D eigenvalue weighted by Crippen LogP contribution is -2.27. The Balaban J connectivity index is 2.31. The van der Waals surface area contributed by atoms with Gasteiger partial charge in [0.25, 0.3) is 0 Å². The standard InChI is InChI=1S/C16H12F8N2/c17-11-5-7(1-3-9(11)15(19,20)21)13(25)14(26)8-2-4-10(12(18)6-8)16(22,23)24/h1-6,13-14H,25-26H2. The van der Waals surface area contributed by atoms with E-state index >= 15 is 0 Å². The molecule has 0 fully saturated rings. The van der Waals surface area contributed by atoms with Crippen molar-refractivity contribution in [1.29, 1.82) is 0 Å². The van der Waals surface area contributed by atoms with Crippen LogP contribution in [0.3, 0.4) is 0 Å². The molecule has 0 amide bonds. The van der Waals surface area contributed by atoms with Crippen LogP contribution >= 0.6 is 0 Å². The fraction of sp³-hybridized carbons (Fsp3) is 0.250. The van der Waals surface area contributed by atoms with E-state index in [4.69, 9.17) is 11.5 Å². The van der Waals surface area contributed by atoms with Crippen molar-refractivity contribution in [3.8, 4) is 0 Å². The first-order valence-corrected chi connectivity index (χ1v) is 7.07. The molecule has 0 spiro atoms. The van der Waals surface area contributed by atoms with Crippen molar-refractivity contribution < 1.29 is 35.1 Å². The lowest BCUT2D eigenvalue weighted by atomic mass is 9.93. The maximum atomic E-state index is 13.6. The first-order valence-electron chi connectivity index (χ1n) is 7.07. The summed E-state index contributed by atoms with van der Waals surface area (Å²) in [5.41, 5.74) is 8.27. The van der Waals surface area contributed by atoms with Crippen molar-refractivity contribution in [2.75, 3.05) is 0 Å². The Hall–Kier alpha value is -2.20. The third-order valence-electron chi connectivity index (χ3n) is 3.75. The molecule has 2 aromatic rings. The van der Waals surface area contributed by atoms with E-state index in [0.717, 1.165) is 12.1 Å². The number of benzene rings is 2. The molecular formula is C16H12F8N2. The maximum absolute atomic E-state index is 13.6. The second kappa shape index (κ2) is 6.84. The third kappa shape index (κ3) is 4.13. The van der Waals surface area contributed by atoms with Crippen LogP contribution in [0.2, 0.25) is 0 Å². The van der Waals surface area contributed by atoms with Gasteiger partial charge in [0.2, 0.25) is 0 Å². The molecule has 0 saturated carbocycles. The van der Waals surface area contributed by atoms with E-state index in [1.165, 1.54) is 0 Å². The Morgan fingerprint density at radius 3 is 1.15 bits per heavy atom. The minimum absolute atomic E-state index is 0.122. The van der Waals surface area contributed by atoms with Gasteiger partial charge in [0, 0.05) is 12.1 Å². The molecule has 26 heavy (non-hydrogen) atoms.